The van der Waals surface area contributed by atoms with Crippen molar-refractivity contribution in [3.05, 3.63) is 0 Å². The smallest absolute Gasteiger partial charge is 0.0723 e. The average Bonchev–Trinajstić information content (AvgIpc) is 2.27. The Balaban J connectivity index is 2.49. The lowest BCUT2D eigenvalue weighted by molar-refractivity contribution is 0.00550. The van der Waals surface area contributed by atoms with Crippen molar-refractivity contribution in [1.82, 2.24) is 10.2 Å². The predicted molar refractivity (Wildman–Crippen MR) is 59.6 cm³/mol. The molecule has 1 aliphatic rings. The first-order valence-electron chi connectivity index (χ1n) is 5.81. The van der Waals surface area contributed by atoms with E-state index in [2.05, 4.69) is 24.1 Å². The monoisotopic (exact) mass is 200 g/mol. The Kier molecular flexibility index (Phi) is 5.45. The molecule has 84 valence electrons. The Morgan fingerprint density at radius 3 is 2.29 bits per heavy atom. The van der Waals surface area contributed by atoms with Gasteiger partial charge in [0.1, 0.15) is 0 Å². The first-order chi connectivity index (χ1) is 6.83. The Morgan fingerprint density at radius 2 is 1.86 bits per heavy atom. The van der Waals surface area contributed by atoms with E-state index >= 15 is 0 Å². The van der Waals surface area contributed by atoms with Crippen molar-refractivity contribution >= 4 is 0 Å². The van der Waals surface area contributed by atoms with Gasteiger partial charge in [-0.15, -0.1) is 0 Å². The van der Waals surface area contributed by atoms with Crippen LogP contribution in [0, 0.1) is 0 Å². The molecule has 1 saturated heterocycles. The summed E-state index contributed by atoms with van der Waals surface area (Å²) in [5.74, 6) is 0. The standard InChI is InChI=1S/C11H24N2O/c1-4-10(11(5-2)14-3)13-8-6-12-7-9-13/h10-12H,4-9H2,1-3H3. The number of nitrogens with zero attached hydrogens (tertiary/aromatic N) is 1. The molecular formula is C11H24N2O. The van der Waals surface area contributed by atoms with Crippen LogP contribution in [0.25, 0.3) is 0 Å². The van der Waals surface area contributed by atoms with Gasteiger partial charge in [-0.2, -0.15) is 0 Å². The van der Waals surface area contributed by atoms with E-state index in [0.29, 0.717) is 12.1 Å². The molecule has 0 aromatic heterocycles. The van der Waals surface area contributed by atoms with Crippen molar-refractivity contribution in [1.29, 1.82) is 0 Å². The molecule has 0 aromatic carbocycles. The Bertz CT molecular complexity index is 142. The lowest BCUT2D eigenvalue weighted by Gasteiger charge is -2.38. The topological polar surface area (TPSA) is 24.5 Å². The summed E-state index contributed by atoms with van der Waals surface area (Å²) >= 11 is 0. The fraction of sp³-hybridized carbons (Fsp3) is 1.00. The van der Waals surface area contributed by atoms with E-state index < -0.39 is 0 Å². The largest absolute Gasteiger partial charge is 0.380 e. The zero-order valence-electron chi connectivity index (χ0n) is 9.75. The number of hydrogen-bond acceptors (Lipinski definition) is 3. The molecular weight excluding hydrogens is 176 g/mol. The zero-order valence-corrected chi connectivity index (χ0v) is 9.75. The van der Waals surface area contributed by atoms with E-state index in [1.54, 1.807) is 0 Å². The lowest BCUT2D eigenvalue weighted by atomic mass is 10.0. The summed E-state index contributed by atoms with van der Waals surface area (Å²) in [4.78, 5) is 2.56. The third-order valence-corrected chi connectivity index (χ3v) is 3.17. The molecule has 1 rings (SSSR count). The van der Waals surface area contributed by atoms with Crippen molar-refractivity contribution in [2.45, 2.75) is 38.8 Å². The molecule has 0 radical (unpaired) electrons. The third kappa shape index (κ3) is 2.94. The molecule has 3 nitrogen and oxygen atoms in total. The second-order valence-electron chi connectivity index (χ2n) is 3.94. The van der Waals surface area contributed by atoms with Crippen LogP contribution in [-0.4, -0.2) is 50.3 Å². The molecule has 0 bridgehead atoms. The van der Waals surface area contributed by atoms with E-state index in [-0.39, 0.29) is 0 Å². The number of methoxy groups -OCH3 is 1. The first kappa shape index (κ1) is 12.0. The second kappa shape index (κ2) is 6.38. The summed E-state index contributed by atoms with van der Waals surface area (Å²) < 4.78 is 5.54. The molecule has 1 aliphatic heterocycles. The van der Waals surface area contributed by atoms with Crippen LogP contribution in [-0.2, 0) is 4.74 Å². The van der Waals surface area contributed by atoms with Crippen molar-refractivity contribution < 1.29 is 4.74 Å². The predicted octanol–water partition coefficient (Wildman–Crippen LogP) is 1.10. The van der Waals surface area contributed by atoms with Crippen LogP contribution < -0.4 is 5.32 Å². The van der Waals surface area contributed by atoms with Crippen LogP contribution in [0.4, 0.5) is 0 Å². The molecule has 3 heteroatoms. The van der Waals surface area contributed by atoms with Crippen LogP contribution in [0.3, 0.4) is 0 Å². The summed E-state index contributed by atoms with van der Waals surface area (Å²) in [6.45, 7) is 9.04. The molecule has 0 saturated carbocycles. The Morgan fingerprint density at radius 1 is 1.21 bits per heavy atom. The maximum absolute atomic E-state index is 5.54. The van der Waals surface area contributed by atoms with Crippen molar-refractivity contribution in [2.24, 2.45) is 0 Å². The molecule has 1 N–H and O–H groups in total. The van der Waals surface area contributed by atoms with Crippen LogP contribution in [0.1, 0.15) is 26.7 Å². The van der Waals surface area contributed by atoms with Crippen molar-refractivity contribution in [3.8, 4) is 0 Å². The molecule has 14 heavy (non-hydrogen) atoms. The molecule has 0 spiro atoms. The Labute approximate surface area is 87.8 Å². The minimum absolute atomic E-state index is 0.401. The van der Waals surface area contributed by atoms with Gasteiger partial charge in [-0.1, -0.05) is 13.8 Å². The van der Waals surface area contributed by atoms with Crippen molar-refractivity contribution in [3.63, 3.8) is 0 Å². The van der Waals surface area contributed by atoms with Gasteiger partial charge in [-0.05, 0) is 12.8 Å². The number of ether oxygens (including phenoxy) is 1. The highest BCUT2D eigenvalue weighted by atomic mass is 16.5. The maximum atomic E-state index is 5.54. The van der Waals surface area contributed by atoms with Crippen LogP contribution >= 0.6 is 0 Å². The maximum Gasteiger partial charge on any atom is 0.0723 e. The zero-order chi connectivity index (χ0) is 10.4. The summed E-state index contributed by atoms with van der Waals surface area (Å²) in [7, 11) is 1.83. The number of nitrogens with one attached hydrogen (secondary N) is 1. The summed E-state index contributed by atoms with van der Waals surface area (Å²) in [6.07, 6.45) is 2.70. The van der Waals surface area contributed by atoms with E-state index in [9.17, 15) is 0 Å². The highest BCUT2D eigenvalue weighted by Crippen LogP contribution is 2.14. The summed E-state index contributed by atoms with van der Waals surface area (Å²) in [5.41, 5.74) is 0. The fourth-order valence-corrected chi connectivity index (χ4v) is 2.37. The molecule has 2 unspecified atom stereocenters. The van der Waals surface area contributed by atoms with Gasteiger partial charge >= 0.3 is 0 Å². The lowest BCUT2D eigenvalue weighted by Crippen LogP contribution is -2.52. The van der Waals surface area contributed by atoms with Crippen LogP contribution in [0.2, 0.25) is 0 Å². The van der Waals surface area contributed by atoms with E-state index in [0.717, 1.165) is 19.5 Å². The minimum atomic E-state index is 0.401. The van der Waals surface area contributed by atoms with Crippen LogP contribution in [0.15, 0.2) is 0 Å². The minimum Gasteiger partial charge on any atom is -0.380 e. The molecule has 0 aromatic rings. The molecule has 0 amide bonds. The van der Waals surface area contributed by atoms with Gasteiger partial charge in [0.25, 0.3) is 0 Å². The van der Waals surface area contributed by atoms with E-state index in [1.165, 1.54) is 19.5 Å². The quantitative estimate of drug-likeness (QED) is 0.719. The van der Waals surface area contributed by atoms with Crippen molar-refractivity contribution in [2.75, 3.05) is 33.3 Å². The fourth-order valence-electron chi connectivity index (χ4n) is 2.37. The molecule has 0 aliphatic carbocycles. The second-order valence-corrected chi connectivity index (χ2v) is 3.94. The van der Waals surface area contributed by atoms with Gasteiger partial charge in [0.2, 0.25) is 0 Å². The van der Waals surface area contributed by atoms with Gasteiger partial charge < -0.3 is 10.1 Å². The molecule has 1 fully saturated rings. The summed E-state index contributed by atoms with van der Waals surface area (Å²) in [5, 5.41) is 3.39. The Hall–Kier alpha value is -0.120. The van der Waals surface area contributed by atoms with Crippen LogP contribution in [0.5, 0.6) is 0 Å². The number of rotatable bonds is 5. The normalized spacial score (nSPS) is 23.4. The van der Waals surface area contributed by atoms with E-state index in [4.69, 9.17) is 4.74 Å². The average molecular weight is 200 g/mol. The number of hydrogen-bond donors (Lipinski definition) is 1. The third-order valence-electron chi connectivity index (χ3n) is 3.17. The number of piperazine rings is 1. The molecule has 1 heterocycles. The van der Waals surface area contributed by atoms with Gasteiger partial charge in [0, 0.05) is 39.3 Å². The van der Waals surface area contributed by atoms with E-state index in [1.807, 2.05) is 7.11 Å². The highest BCUT2D eigenvalue weighted by molar-refractivity contribution is 4.81. The first-order valence-corrected chi connectivity index (χ1v) is 5.81. The van der Waals surface area contributed by atoms with Gasteiger partial charge in [-0.25, -0.2) is 0 Å². The van der Waals surface area contributed by atoms with Gasteiger partial charge in [0.05, 0.1) is 6.10 Å². The summed E-state index contributed by atoms with van der Waals surface area (Å²) in [6, 6.07) is 0.604. The highest BCUT2D eigenvalue weighted by Gasteiger charge is 2.25. The van der Waals surface area contributed by atoms with Gasteiger partial charge in [0.15, 0.2) is 0 Å². The molecule has 2 atom stereocenters. The van der Waals surface area contributed by atoms with Gasteiger partial charge in [-0.3, -0.25) is 4.90 Å². The SMILES string of the molecule is CCC(OC)C(CC)N1CCNCC1.